The number of ether oxygens (including phenoxy) is 3. The van der Waals surface area contributed by atoms with Crippen LogP contribution in [0.2, 0.25) is 5.02 Å². The van der Waals surface area contributed by atoms with Gasteiger partial charge in [0.15, 0.2) is 17.3 Å². The molecule has 0 bridgehead atoms. The highest BCUT2D eigenvalue weighted by Crippen LogP contribution is 2.37. The third kappa shape index (κ3) is 2.90. The van der Waals surface area contributed by atoms with E-state index >= 15 is 0 Å². The number of rotatable bonds is 3. The van der Waals surface area contributed by atoms with Gasteiger partial charge in [0.25, 0.3) is 0 Å². The molecule has 3 rings (SSSR count). The van der Waals surface area contributed by atoms with Crippen molar-refractivity contribution in [2.45, 2.75) is 0 Å². The molecule has 1 aliphatic heterocycles. The molecule has 1 aliphatic rings. The molecule has 0 aliphatic carbocycles. The summed E-state index contributed by atoms with van der Waals surface area (Å²) in [6.45, 7) is 0.224. The Labute approximate surface area is 139 Å². The minimum Gasteiger partial charge on any atom is -0.493 e. The molecule has 4 nitrogen and oxygen atoms in total. The number of methoxy groups -OCH3 is 2. The van der Waals surface area contributed by atoms with E-state index in [4.69, 9.17) is 25.8 Å². The lowest BCUT2D eigenvalue weighted by atomic mass is 9.98. The highest BCUT2D eigenvalue weighted by molar-refractivity contribution is 6.32. The van der Waals surface area contributed by atoms with Gasteiger partial charge in [-0.15, -0.1) is 0 Å². The zero-order chi connectivity index (χ0) is 16.4. The second-order valence-corrected chi connectivity index (χ2v) is 5.43. The third-order valence-corrected chi connectivity index (χ3v) is 3.88. The number of carbonyl (C=O) groups is 1. The molecule has 0 N–H and O–H groups in total. The third-order valence-electron chi connectivity index (χ3n) is 3.60. The molecule has 1 heterocycles. The highest BCUT2D eigenvalue weighted by atomic mass is 35.5. The molecule has 23 heavy (non-hydrogen) atoms. The first-order valence-corrected chi connectivity index (χ1v) is 7.40. The zero-order valence-corrected chi connectivity index (χ0v) is 13.5. The molecule has 0 radical (unpaired) electrons. The second-order valence-electron chi connectivity index (χ2n) is 5.02. The van der Waals surface area contributed by atoms with Gasteiger partial charge in [0.1, 0.15) is 12.4 Å². The Bertz CT molecular complexity index is 796. The maximum Gasteiger partial charge on any atom is 0.196 e. The molecule has 0 atom stereocenters. The molecular formula is C18H15ClO4. The van der Waals surface area contributed by atoms with E-state index in [-0.39, 0.29) is 12.4 Å². The van der Waals surface area contributed by atoms with E-state index in [9.17, 15) is 4.79 Å². The predicted octanol–water partition coefficient (Wildman–Crippen LogP) is 4.02. The summed E-state index contributed by atoms with van der Waals surface area (Å²) >= 11 is 6.20. The van der Waals surface area contributed by atoms with Gasteiger partial charge in [-0.25, -0.2) is 0 Å². The van der Waals surface area contributed by atoms with E-state index in [1.54, 1.807) is 30.3 Å². The molecule has 2 aromatic rings. The monoisotopic (exact) mass is 330 g/mol. The minimum absolute atomic E-state index is 0.0437. The van der Waals surface area contributed by atoms with Crippen LogP contribution in [0.1, 0.15) is 15.9 Å². The van der Waals surface area contributed by atoms with Gasteiger partial charge in [0.05, 0.1) is 24.8 Å². The number of halogens is 1. The first-order chi connectivity index (χ1) is 11.1. The van der Waals surface area contributed by atoms with Crippen LogP contribution < -0.4 is 14.2 Å². The summed E-state index contributed by atoms with van der Waals surface area (Å²) in [5.74, 6) is 1.54. The van der Waals surface area contributed by atoms with Crippen molar-refractivity contribution in [3.05, 3.63) is 58.1 Å². The van der Waals surface area contributed by atoms with Crippen molar-refractivity contribution in [3.63, 3.8) is 0 Å². The van der Waals surface area contributed by atoms with Crippen LogP contribution in [0.5, 0.6) is 17.2 Å². The Morgan fingerprint density at radius 1 is 1.17 bits per heavy atom. The van der Waals surface area contributed by atoms with Crippen LogP contribution in [0.3, 0.4) is 0 Å². The lowest BCUT2D eigenvalue weighted by molar-refractivity contribution is 0.100. The average Bonchev–Trinajstić information content (AvgIpc) is 2.57. The molecule has 0 amide bonds. The van der Waals surface area contributed by atoms with E-state index in [2.05, 4.69) is 0 Å². The smallest absolute Gasteiger partial charge is 0.196 e. The van der Waals surface area contributed by atoms with Crippen molar-refractivity contribution in [1.82, 2.24) is 0 Å². The molecule has 0 aromatic heterocycles. The van der Waals surface area contributed by atoms with Gasteiger partial charge < -0.3 is 14.2 Å². The van der Waals surface area contributed by atoms with E-state index in [0.29, 0.717) is 33.4 Å². The fourth-order valence-electron chi connectivity index (χ4n) is 2.50. The Morgan fingerprint density at radius 3 is 2.70 bits per heavy atom. The molecule has 0 saturated carbocycles. The Kier molecular flexibility index (Phi) is 4.26. The van der Waals surface area contributed by atoms with E-state index < -0.39 is 0 Å². The van der Waals surface area contributed by atoms with Gasteiger partial charge in [0.2, 0.25) is 0 Å². The van der Waals surface area contributed by atoms with Crippen molar-refractivity contribution < 1.29 is 19.0 Å². The van der Waals surface area contributed by atoms with Gasteiger partial charge in [-0.1, -0.05) is 23.7 Å². The number of hydrogen-bond donors (Lipinski definition) is 0. The summed E-state index contributed by atoms with van der Waals surface area (Å²) < 4.78 is 16.1. The van der Waals surface area contributed by atoms with Crippen LogP contribution in [0.25, 0.3) is 6.08 Å². The van der Waals surface area contributed by atoms with Crippen LogP contribution in [0.15, 0.2) is 42.0 Å². The molecule has 2 aromatic carbocycles. The fourth-order valence-corrected chi connectivity index (χ4v) is 2.80. The minimum atomic E-state index is -0.0437. The number of Topliss-reactive ketones (excluding diaryl/α,β-unsaturated/α-hetero) is 1. The van der Waals surface area contributed by atoms with Gasteiger partial charge in [0, 0.05) is 5.57 Å². The van der Waals surface area contributed by atoms with Crippen LogP contribution in [0.4, 0.5) is 0 Å². The molecule has 0 fully saturated rings. The molecular weight excluding hydrogens is 316 g/mol. The maximum atomic E-state index is 12.5. The van der Waals surface area contributed by atoms with Crippen LogP contribution in [0, 0.1) is 0 Å². The average molecular weight is 331 g/mol. The van der Waals surface area contributed by atoms with E-state index in [1.807, 2.05) is 12.1 Å². The number of hydrogen-bond acceptors (Lipinski definition) is 4. The summed E-state index contributed by atoms with van der Waals surface area (Å²) in [7, 11) is 3.06. The van der Waals surface area contributed by atoms with Crippen molar-refractivity contribution in [3.8, 4) is 17.2 Å². The summed E-state index contributed by atoms with van der Waals surface area (Å²) in [6, 6.07) is 10.7. The lowest BCUT2D eigenvalue weighted by Gasteiger charge is -2.18. The zero-order valence-electron chi connectivity index (χ0n) is 12.8. The maximum absolute atomic E-state index is 12.5. The van der Waals surface area contributed by atoms with Gasteiger partial charge >= 0.3 is 0 Å². The normalized spacial score (nSPS) is 15.1. The molecule has 0 unspecified atom stereocenters. The van der Waals surface area contributed by atoms with Crippen LogP contribution in [-0.2, 0) is 0 Å². The van der Waals surface area contributed by atoms with Gasteiger partial charge in [-0.05, 0) is 35.9 Å². The Balaban J connectivity index is 2.00. The number of benzene rings is 2. The van der Waals surface area contributed by atoms with Gasteiger partial charge in [-0.3, -0.25) is 4.79 Å². The summed E-state index contributed by atoms with van der Waals surface area (Å²) in [5, 5.41) is 0.420. The molecule has 0 saturated heterocycles. The Morgan fingerprint density at radius 2 is 1.96 bits per heavy atom. The van der Waals surface area contributed by atoms with Crippen molar-refractivity contribution in [2.24, 2.45) is 0 Å². The summed E-state index contributed by atoms with van der Waals surface area (Å²) in [6.07, 6.45) is 1.76. The lowest BCUT2D eigenvalue weighted by Crippen LogP contribution is -2.18. The van der Waals surface area contributed by atoms with Crippen molar-refractivity contribution in [2.75, 3.05) is 20.8 Å². The van der Waals surface area contributed by atoms with Crippen molar-refractivity contribution in [1.29, 1.82) is 0 Å². The number of para-hydroxylation sites is 1. The van der Waals surface area contributed by atoms with Crippen LogP contribution >= 0.6 is 11.6 Å². The largest absolute Gasteiger partial charge is 0.493 e. The topological polar surface area (TPSA) is 44.8 Å². The quantitative estimate of drug-likeness (QED) is 0.797. The van der Waals surface area contributed by atoms with E-state index in [0.717, 1.165) is 5.56 Å². The summed E-state index contributed by atoms with van der Waals surface area (Å²) in [5.41, 5.74) is 1.88. The Hall–Kier alpha value is -2.46. The number of fused-ring (bicyclic) bond motifs is 1. The van der Waals surface area contributed by atoms with E-state index in [1.165, 1.54) is 14.2 Å². The molecule has 118 valence electrons. The number of ketones is 1. The predicted molar refractivity (Wildman–Crippen MR) is 88.8 cm³/mol. The standard InChI is InChI=1S/C18H15ClO4/c1-21-16-9-11(8-14(19)18(16)22-2)7-12-10-23-15-6-4-3-5-13(15)17(12)20/h3-9H,10H2,1-2H3. The summed E-state index contributed by atoms with van der Waals surface area (Å²) in [4.78, 5) is 12.5. The first kappa shape index (κ1) is 15.4. The number of carbonyl (C=O) groups excluding carboxylic acids is 1. The molecule has 5 heteroatoms. The fraction of sp³-hybridized carbons (Fsp3) is 0.167. The van der Waals surface area contributed by atoms with Gasteiger partial charge in [-0.2, -0.15) is 0 Å². The first-order valence-electron chi connectivity index (χ1n) is 7.02. The molecule has 0 spiro atoms. The SMILES string of the molecule is COc1cc(C=C2COc3ccccc3C2=O)cc(Cl)c1OC. The second kappa shape index (κ2) is 6.34. The highest BCUT2D eigenvalue weighted by Gasteiger charge is 2.23. The van der Waals surface area contributed by atoms with Crippen LogP contribution in [-0.4, -0.2) is 26.6 Å². The van der Waals surface area contributed by atoms with Crippen molar-refractivity contribution >= 4 is 23.5 Å².